The molecule has 1 atom stereocenters. The number of hydrogen-bond acceptors (Lipinski definition) is 5. The summed E-state index contributed by atoms with van der Waals surface area (Å²) in [6, 6.07) is 4.28. The van der Waals surface area contributed by atoms with Gasteiger partial charge in [0, 0.05) is 24.7 Å². The highest BCUT2D eigenvalue weighted by Gasteiger charge is 2.26. The van der Waals surface area contributed by atoms with E-state index in [-0.39, 0.29) is 17.5 Å². The first-order valence-electron chi connectivity index (χ1n) is 6.35. The lowest BCUT2D eigenvalue weighted by Gasteiger charge is -2.30. The molecule has 1 aliphatic rings. The molecule has 2 aromatic rings. The molecular formula is C13H14ClFN4O. The predicted octanol–water partition coefficient (Wildman–Crippen LogP) is 2.11. The van der Waals surface area contributed by atoms with Crippen molar-refractivity contribution in [2.45, 2.75) is 6.04 Å². The third-order valence-electron chi connectivity index (χ3n) is 3.41. The molecule has 0 radical (unpaired) electrons. The Morgan fingerprint density at radius 2 is 2.35 bits per heavy atom. The Morgan fingerprint density at radius 1 is 1.50 bits per heavy atom. The molecule has 1 aromatic carbocycles. The van der Waals surface area contributed by atoms with Gasteiger partial charge >= 0.3 is 0 Å². The largest absolute Gasteiger partial charge is 0.334 e. The van der Waals surface area contributed by atoms with Crippen LogP contribution in [0.4, 0.5) is 4.39 Å². The number of nitrogens with zero attached hydrogens (tertiary/aromatic N) is 3. The second-order valence-corrected chi connectivity index (χ2v) is 5.22. The van der Waals surface area contributed by atoms with E-state index in [0.717, 1.165) is 19.6 Å². The summed E-state index contributed by atoms with van der Waals surface area (Å²) < 4.78 is 18.9. The molecule has 1 fully saturated rings. The van der Waals surface area contributed by atoms with Gasteiger partial charge in [-0.2, -0.15) is 4.98 Å². The molecule has 2 heterocycles. The fraction of sp³-hybridized carbons (Fsp3) is 0.385. The van der Waals surface area contributed by atoms with Crippen LogP contribution in [0.15, 0.2) is 22.7 Å². The minimum Gasteiger partial charge on any atom is -0.334 e. The summed E-state index contributed by atoms with van der Waals surface area (Å²) in [5.74, 6) is 0.271. The van der Waals surface area contributed by atoms with Crippen LogP contribution in [0.2, 0.25) is 5.02 Å². The Balaban J connectivity index is 1.91. The van der Waals surface area contributed by atoms with Gasteiger partial charge in [0.1, 0.15) is 5.82 Å². The molecule has 1 unspecified atom stereocenters. The Labute approximate surface area is 120 Å². The SMILES string of the molecule is CN1CCNCC1c1noc(-c2cc(Cl)ccc2F)n1. The van der Waals surface area contributed by atoms with Crippen LogP contribution in [0.25, 0.3) is 11.5 Å². The fourth-order valence-corrected chi connectivity index (χ4v) is 2.41. The maximum absolute atomic E-state index is 13.8. The Morgan fingerprint density at radius 3 is 3.15 bits per heavy atom. The minimum absolute atomic E-state index is 0.0310. The molecule has 7 heteroatoms. The summed E-state index contributed by atoms with van der Waals surface area (Å²) in [5, 5.41) is 7.66. The standard InChI is InChI=1S/C13H14ClFN4O/c1-19-5-4-16-7-11(19)12-17-13(20-18-12)9-6-8(14)2-3-10(9)15/h2-3,6,11,16H,4-5,7H2,1H3. The molecule has 0 amide bonds. The average Bonchev–Trinajstić information content (AvgIpc) is 2.91. The van der Waals surface area contributed by atoms with Gasteiger partial charge in [0.25, 0.3) is 5.89 Å². The van der Waals surface area contributed by atoms with Crippen molar-refractivity contribution in [1.29, 1.82) is 0 Å². The van der Waals surface area contributed by atoms with Gasteiger partial charge in [-0.15, -0.1) is 0 Å². The number of hydrogen-bond donors (Lipinski definition) is 1. The second-order valence-electron chi connectivity index (χ2n) is 4.78. The zero-order valence-electron chi connectivity index (χ0n) is 10.9. The van der Waals surface area contributed by atoms with Crippen LogP contribution in [0, 0.1) is 5.82 Å². The Bertz CT molecular complexity index is 618. The molecule has 106 valence electrons. The van der Waals surface area contributed by atoms with Crippen LogP contribution in [-0.2, 0) is 0 Å². The van der Waals surface area contributed by atoms with E-state index < -0.39 is 5.82 Å². The van der Waals surface area contributed by atoms with Crippen molar-refractivity contribution in [3.05, 3.63) is 34.9 Å². The van der Waals surface area contributed by atoms with Gasteiger partial charge in [0.15, 0.2) is 5.82 Å². The molecule has 0 saturated carbocycles. The highest BCUT2D eigenvalue weighted by molar-refractivity contribution is 6.30. The lowest BCUT2D eigenvalue weighted by atomic mass is 10.2. The molecule has 3 rings (SSSR count). The first kappa shape index (κ1) is 13.5. The second kappa shape index (κ2) is 5.47. The number of aromatic nitrogens is 2. The first-order chi connectivity index (χ1) is 9.65. The monoisotopic (exact) mass is 296 g/mol. The van der Waals surface area contributed by atoms with E-state index in [4.69, 9.17) is 16.1 Å². The van der Waals surface area contributed by atoms with Crippen molar-refractivity contribution < 1.29 is 8.91 Å². The third kappa shape index (κ3) is 2.54. The topological polar surface area (TPSA) is 54.2 Å². The van der Waals surface area contributed by atoms with Crippen molar-refractivity contribution in [2.75, 3.05) is 26.7 Å². The summed E-state index contributed by atoms with van der Waals surface area (Å²) in [7, 11) is 2.00. The molecule has 20 heavy (non-hydrogen) atoms. The molecule has 1 saturated heterocycles. The fourth-order valence-electron chi connectivity index (χ4n) is 2.24. The molecule has 0 aliphatic carbocycles. The normalized spacial score (nSPS) is 20.2. The van der Waals surface area contributed by atoms with E-state index in [1.165, 1.54) is 18.2 Å². The van der Waals surface area contributed by atoms with Crippen molar-refractivity contribution in [3.8, 4) is 11.5 Å². The van der Waals surface area contributed by atoms with Gasteiger partial charge in [0.05, 0.1) is 11.6 Å². The number of nitrogens with one attached hydrogen (secondary N) is 1. The molecule has 1 aliphatic heterocycles. The van der Waals surface area contributed by atoms with Crippen molar-refractivity contribution in [2.24, 2.45) is 0 Å². The van der Waals surface area contributed by atoms with E-state index in [1.807, 2.05) is 7.05 Å². The molecular weight excluding hydrogens is 283 g/mol. The summed E-state index contributed by atoms with van der Waals surface area (Å²) in [5.41, 5.74) is 0.225. The third-order valence-corrected chi connectivity index (χ3v) is 3.64. The molecule has 1 aromatic heterocycles. The average molecular weight is 297 g/mol. The number of likely N-dealkylation sites (N-methyl/N-ethyl adjacent to an activating group) is 1. The summed E-state index contributed by atoms with van der Waals surface area (Å²) in [4.78, 5) is 6.44. The van der Waals surface area contributed by atoms with E-state index in [2.05, 4.69) is 20.4 Å². The zero-order valence-corrected chi connectivity index (χ0v) is 11.7. The van der Waals surface area contributed by atoms with Gasteiger partial charge in [-0.05, 0) is 25.2 Å². The summed E-state index contributed by atoms with van der Waals surface area (Å²) >= 11 is 5.87. The molecule has 5 nitrogen and oxygen atoms in total. The van der Waals surface area contributed by atoms with Gasteiger partial charge in [-0.25, -0.2) is 4.39 Å². The van der Waals surface area contributed by atoms with Crippen molar-refractivity contribution in [3.63, 3.8) is 0 Å². The van der Waals surface area contributed by atoms with Gasteiger partial charge in [0.2, 0.25) is 0 Å². The lowest BCUT2D eigenvalue weighted by molar-refractivity contribution is 0.190. The Hall–Kier alpha value is -1.50. The van der Waals surface area contributed by atoms with Crippen LogP contribution in [0.5, 0.6) is 0 Å². The summed E-state index contributed by atoms with van der Waals surface area (Å²) in [6.45, 7) is 2.58. The van der Waals surface area contributed by atoms with Crippen LogP contribution in [0.3, 0.4) is 0 Å². The van der Waals surface area contributed by atoms with Gasteiger partial charge in [-0.1, -0.05) is 16.8 Å². The number of rotatable bonds is 2. The smallest absolute Gasteiger partial charge is 0.261 e. The number of halogens is 2. The van der Waals surface area contributed by atoms with E-state index in [1.54, 1.807) is 0 Å². The van der Waals surface area contributed by atoms with Crippen LogP contribution >= 0.6 is 11.6 Å². The maximum Gasteiger partial charge on any atom is 0.261 e. The van der Waals surface area contributed by atoms with Crippen molar-refractivity contribution >= 4 is 11.6 Å². The quantitative estimate of drug-likeness (QED) is 0.920. The van der Waals surface area contributed by atoms with Crippen LogP contribution in [-0.4, -0.2) is 41.7 Å². The van der Waals surface area contributed by atoms with E-state index in [0.29, 0.717) is 10.8 Å². The molecule has 1 N–H and O–H groups in total. The van der Waals surface area contributed by atoms with Crippen molar-refractivity contribution in [1.82, 2.24) is 20.4 Å². The van der Waals surface area contributed by atoms with Gasteiger partial charge in [-0.3, -0.25) is 4.90 Å². The minimum atomic E-state index is -0.431. The number of piperazine rings is 1. The first-order valence-corrected chi connectivity index (χ1v) is 6.73. The highest BCUT2D eigenvalue weighted by atomic mass is 35.5. The zero-order chi connectivity index (χ0) is 14.1. The Kier molecular flexibility index (Phi) is 3.69. The van der Waals surface area contributed by atoms with Crippen LogP contribution in [0.1, 0.15) is 11.9 Å². The van der Waals surface area contributed by atoms with E-state index in [9.17, 15) is 4.39 Å². The molecule has 0 spiro atoms. The molecule has 0 bridgehead atoms. The van der Waals surface area contributed by atoms with E-state index >= 15 is 0 Å². The highest BCUT2D eigenvalue weighted by Crippen LogP contribution is 2.26. The maximum atomic E-state index is 13.8. The number of benzene rings is 1. The van der Waals surface area contributed by atoms with Crippen LogP contribution < -0.4 is 5.32 Å². The summed E-state index contributed by atoms with van der Waals surface area (Å²) in [6.07, 6.45) is 0. The lowest BCUT2D eigenvalue weighted by Crippen LogP contribution is -2.44. The predicted molar refractivity (Wildman–Crippen MR) is 72.9 cm³/mol. The van der Waals surface area contributed by atoms with Gasteiger partial charge < -0.3 is 9.84 Å².